The highest BCUT2D eigenvalue weighted by molar-refractivity contribution is 7.93. The molecule has 2 rings (SSSR count). The molecule has 0 saturated heterocycles. The number of rotatable bonds is 4. The minimum atomic E-state index is -3.82. The highest BCUT2D eigenvalue weighted by Crippen LogP contribution is 2.20. The van der Waals surface area contributed by atoms with Crippen LogP contribution in [0, 0.1) is 6.92 Å². The third-order valence-corrected chi connectivity index (χ3v) is 4.57. The predicted molar refractivity (Wildman–Crippen MR) is 71.1 cm³/mol. The molecule has 0 aliphatic rings. The highest BCUT2D eigenvalue weighted by Gasteiger charge is 2.17. The van der Waals surface area contributed by atoms with E-state index < -0.39 is 16.0 Å². The Labute approximate surface area is 113 Å². The van der Waals surface area contributed by atoms with Gasteiger partial charge in [0.05, 0.1) is 16.2 Å². The molecule has 0 saturated carbocycles. The lowest BCUT2D eigenvalue weighted by atomic mass is 10.2. The largest absolute Gasteiger partial charge is 0.478 e. The van der Waals surface area contributed by atoms with Crippen LogP contribution in [0.25, 0.3) is 0 Å². The van der Waals surface area contributed by atoms with Crippen LogP contribution in [0.1, 0.15) is 16.1 Å². The second-order valence-electron chi connectivity index (χ2n) is 3.73. The molecule has 6 nitrogen and oxygen atoms in total. The first-order valence-corrected chi connectivity index (χ1v) is 7.53. The van der Waals surface area contributed by atoms with Gasteiger partial charge >= 0.3 is 5.97 Å². The highest BCUT2D eigenvalue weighted by atomic mass is 32.2. The van der Waals surface area contributed by atoms with Crippen LogP contribution in [0.5, 0.6) is 0 Å². The molecule has 8 heteroatoms. The molecule has 19 heavy (non-hydrogen) atoms. The molecule has 0 atom stereocenters. The Morgan fingerprint density at radius 2 is 2.16 bits per heavy atom. The van der Waals surface area contributed by atoms with Crippen molar-refractivity contribution < 1.29 is 18.3 Å². The van der Waals surface area contributed by atoms with E-state index in [4.69, 9.17) is 5.11 Å². The number of nitrogens with zero attached hydrogens (tertiary/aromatic N) is 1. The van der Waals surface area contributed by atoms with Gasteiger partial charge in [-0.1, -0.05) is 6.07 Å². The van der Waals surface area contributed by atoms with E-state index in [0.29, 0.717) is 5.69 Å². The maximum atomic E-state index is 12.0. The van der Waals surface area contributed by atoms with Gasteiger partial charge in [0.1, 0.15) is 0 Å². The molecular formula is C11H10N2O4S2. The number of hydrogen-bond donors (Lipinski definition) is 2. The van der Waals surface area contributed by atoms with Crippen molar-refractivity contribution in [2.45, 2.75) is 11.8 Å². The lowest BCUT2D eigenvalue weighted by Crippen LogP contribution is -2.13. The topological polar surface area (TPSA) is 96.4 Å². The van der Waals surface area contributed by atoms with Gasteiger partial charge in [-0.15, -0.1) is 11.3 Å². The predicted octanol–water partition coefficient (Wildman–Crippen LogP) is 1.95. The molecule has 1 aromatic carbocycles. The van der Waals surface area contributed by atoms with Crippen molar-refractivity contribution in [3.63, 3.8) is 0 Å². The van der Waals surface area contributed by atoms with Crippen LogP contribution in [0.2, 0.25) is 0 Å². The molecule has 0 spiro atoms. The van der Waals surface area contributed by atoms with Gasteiger partial charge in [-0.25, -0.2) is 18.2 Å². The number of nitrogens with one attached hydrogen (secondary N) is 1. The number of thiazole rings is 1. The van der Waals surface area contributed by atoms with E-state index in [-0.39, 0.29) is 15.6 Å². The van der Waals surface area contributed by atoms with Crippen molar-refractivity contribution in [1.82, 2.24) is 4.98 Å². The number of carbonyl (C=O) groups is 1. The minimum absolute atomic E-state index is 0.0850. The number of carboxylic acids is 1. The van der Waals surface area contributed by atoms with Crippen molar-refractivity contribution in [2.75, 3.05) is 4.72 Å². The third kappa shape index (κ3) is 3.09. The fraction of sp³-hybridized carbons (Fsp3) is 0.0909. The second-order valence-corrected chi connectivity index (χ2v) is 6.27. The first kappa shape index (κ1) is 13.5. The molecule has 0 fully saturated rings. The van der Waals surface area contributed by atoms with Crippen LogP contribution in [0.15, 0.2) is 34.5 Å². The van der Waals surface area contributed by atoms with Crippen molar-refractivity contribution in [3.8, 4) is 0 Å². The van der Waals surface area contributed by atoms with Gasteiger partial charge in [-0.2, -0.15) is 0 Å². The van der Waals surface area contributed by atoms with Crippen molar-refractivity contribution in [3.05, 3.63) is 40.9 Å². The van der Waals surface area contributed by atoms with E-state index in [1.807, 2.05) is 0 Å². The second kappa shape index (κ2) is 4.98. The molecule has 0 aliphatic carbocycles. The average Bonchev–Trinajstić information content (AvgIpc) is 2.74. The summed E-state index contributed by atoms with van der Waals surface area (Å²) in [5, 5.41) is 10.8. The number of carboxylic acid groups (broad SMARTS) is 1. The fourth-order valence-electron chi connectivity index (χ4n) is 1.37. The Morgan fingerprint density at radius 1 is 1.42 bits per heavy atom. The van der Waals surface area contributed by atoms with Crippen molar-refractivity contribution >= 4 is 32.5 Å². The number of aromatic carboxylic acids is 1. The number of aryl methyl sites for hydroxylation is 1. The van der Waals surface area contributed by atoms with Crippen molar-refractivity contribution in [1.29, 1.82) is 0 Å². The van der Waals surface area contributed by atoms with E-state index in [1.54, 1.807) is 12.3 Å². The molecule has 0 radical (unpaired) electrons. The summed E-state index contributed by atoms with van der Waals surface area (Å²) in [6, 6.07) is 5.14. The molecule has 1 aromatic heterocycles. The fourth-order valence-corrected chi connectivity index (χ4v) is 3.36. The molecule has 0 unspecified atom stereocenters. The quantitative estimate of drug-likeness (QED) is 0.899. The third-order valence-electron chi connectivity index (χ3n) is 2.23. The summed E-state index contributed by atoms with van der Waals surface area (Å²) in [5.74, 6) is -1.18. The molecule has 2 N–H and O–H groups in total. The summed E-state index contributed by atoms with van der Waals surface area (Å²) in [6.07, 6.45) is 0. The Bertz CT molecular complexity index is 722. The summed E-state index contributed by atoms with van der Waals surface area (Å²) in [4.78, 5) is 14.7. The summed E-state index contributed by atoms with van der Waals surface area (Å²) >= 11 is 1.16. The van der Waals surface area contributed by atoms with Crippen molar-refractivity contribution in [2.24, 2.45) is 0 Å². The molecular weight excluding hydrogens is 288 g/mol. The van der Waals surface area contributed by atoms with Gasteiger partial charge in [0.25, 0.3) is 10.0 Å². The van der Waals surface area contributed by atoms with Crippen LogP contribution in [-0.4, -0.2) is 24.5 Å². The molecule has 0 aliphatic heterocycles. The maximum absolute atomic E-state index is 12.0. The van der Waals surface area contributed by atoms with E-state index in [2.05, 4.69) is 9.71 Å². The van der Waals surface area contributed by atoms with Gasteiger partial charge in [0, 0.05) is 5.38 Å². The summed E-state index contributed by atoms with van der Waals surface area (Å²) in [6.45, 7) is 1.75. The molecule has 100 valence electrons. The lowest BCUT2D eigenvalue weighted by Gasteiger charge is -2.05. The van der Waals surface area contributed by atoms with Gasteiger partial charge in [-0.05, 0) is 25.1 Å². The van der Waals surface area contributed by atoms with E-state index in [9.17, 15) is 13.2 Å². The smallest absolute Gasteiger partial charge is 0.335 e. The van der Waals surface area contributed by atoms with E-state index in [1.165, 1.54) is 18.2 Å². The van der Waals surface area contributed by atoms with Gasteiger partial charge in [0.15, 0.2) is 5.13 Å². The zero-order chi connectivity index (χ0) is 14.0. The summed E-state index contributed by atoms with van der Waals surface area (Å²) < 4.78 is 26.4. The zero-order valence-electron chi connectivity index (χ0n) is 9.82. The van der Waals surface area contributed by atoms with Crippen LogP contribution in [0.3, 0.4) is 0 Å². The molecule has 0 amide bonds. The van der Waals surface area contributed by atoms with Gasteiger partial charge < -0.3 is 5.11 Å². The monoisotopic (exact) mass is 298 g/mol. The number of sulfonamides is 1. The average molecular weight is 298 g/mol. The molecule has 1 heterocycles. The zero-order valence-corrected chi connectivity index (χ0v) is 11.5. The van der Waals surface area contributed by atoms with E-state index in [0.717, 1.165) is 17.4 Å². The molecule has 2 aromatic rings. The van der Waals surface area contributed by atoms with Crippen LogP contribution in [-0.2, 0) is 10.0 Å². The summed E-state index contributed by atoms with van der Waals surface area (Å²) in [7, 11) is -3.82. The number of aromatic nitrogens is 1. The van der Waals surface area contributed by atoms with Crippen LogP contribution in [0.4, 0.5) is 5.13 Å². The standard InChI is InChI=1S/C11H10N2O4S2/c1-7-6-18-11(12-7)13-19(16,17)9-4-2-3-8(5-9)10(14)15/h2-6H,1H3,(H,12,13)(H,14,15). The van der Waals surface area contributed by atoms with Crippen LogP contribution >= 0.6 is 11.3 Å². The number of benzene rings is 1. The van der Waals surface area contributed by atoms with Gasteiger partial charge in [0.2, 0.25) is 0 Å². The number of anilines is 1. The summed E-state index contributed by atoms with van der Waals surface area (Å²) in [5.41, 5.74) is 0.625. The molecule has 0 bridgehead atoms. The lowest BCUT2D eigenvalue weighted by molar-refractivity contribution is 0.0696. The van der Waals surface area contributed by atoms with Gasteiger partial charge in [-0.3, -0.25) is 4.72 Å². The minimum Gasteiger partial charge on any atom is -0.478 e. The first-order valence-electron chi connectivity index (χ1n) is 5.17. The SMILES string of the molecule is Cc1csc(NS(=O)(=O)c2cccc(C(=O)O)c2)n1. The van der Waals surface area contributed by atoms with E-state index >= 15 is 0 Å². The van der Waals surface area contributed by atoms with Crippen LogP contribution < -0.4 is 4.72 Å². The Kier molecular flexibility index (Phi) is 3.54. The number of hydrogen-bond acceptors (Lipinski definition) is 5. The Morgan fingerprint density at radius 3 is 2.74 bits per heavy atom. The first-order chi connectivity index (χ1) is 8.88. The Hall–Kier alpha value is -1.93. The maximum Gasteiger partial charge on any atom is 0.335 e. The Balaban J connectivity index is 2.34. The normalized spacial score (nSPS) is 11.2.